The number of pyridine rings is 1. The average Bonchev–Trinajstić information content (AvgIpc) is 2.54. The van der Waals surface area contributed by atoms with E-state index in [0.29, 0.717) is 5.56 Å². The summed E-state index contributed by atoms with van der Waals surface area (Å²) in [6, 6.07) is 16.1. The van der Waals surface area contributed by atoms with Crippen molar-refractivity contribution >= 4 is 32.6 Å². The van der Waals surface area contributed by atoms with E-state index in [1.807, 2.05) is 25.1 Å². The SMILES string of the molecule is CC(NC(=O)c1cncc(Br)c1)c1ccc2ccccc2c1. The molecule has 3 nitrogen and oxygen atoms in total. The van der Waals surface area contributed by atoms with Gasteiger partial charge in [-0.15, -0.1) is 0 Å². The molecule has 1 aromatic heterocycles. The fourth-order valence-electron chi connectivity index (χ4n) is 2.38. The number of amides is 1. The third kappa shape index (κ3) is 3.17. The molecule has 0 radical (unpaired) electrons. The van der Waals surface area contributed by atoms with Crippen LogP contribution in [0.2, 0.25) is 0 Å². The fraction of sp³-hybridized carbons (Fsp3) is 0.111. The second kappa shape index (κ2) is 6.28. The van der Waals surface area contributed by atoms with Crippen LogP contribution in [0.3, 0.4) is 0 Å². The zero-order chi connectivity index (χ0) is 15.5. The van der Waals surface area contributed by atoms with Crippen LogP contribution in [0.1, 0.15) is 28.9 Å². The second-order valence-electron chi connectivity index (χ2n) is 5.19. The van der Waals surface area contributed by atoms with Crippen molar-refractivity contribution < 1.29 is 4.79 Å². The molecular formula is C18H15BrN2O. The molecule has 1 atom stereocenters. The summed E-state index contributed by atoms with van der Waals surface area (Å²) in [4.78, 5) is 16.3. The molecule has 1 amide bonds. The number of nitrogens with zero attached hydrogens (tertiary/aromatic N) is 1. The van der Waals surface area contributed by atoms with E-state index in [2.05, 4.69) is 50.5 Å². The Bertz CT molecular complexity index is 832. The number of carbonyl (C=O) groups is 1. The zero-order valence-corrected chi connectivity index (χ0v) is 13.7. The van der Waals surface area contributed by atoms with Gasteiger partial charge in [-0.2, -0.15) is 0 Å². The number of nitrogens with one attached hydrogen (secondary N) is 1. The van der Waals surface area contributed by atoms with Crippen molar-refractivity contribution in [2.45, 2.75) is 13.0 Å². The summed E-state index contributed by atoms with van der Waals surface area (Å²) in [7, 11) is 0. The van der Waals surface area contributed by atoms with Gasteiger partial charge in [0.15, 0.2) is 0 Å². The maximum Gasteiger partial charge on any atom is 0.253 e. The lowest BCUT2D eigenvalue weighted by Crippen LogP contribution is -2.26. The van der Waals surface area contributed by atoms with Crippen molar-refractivity contribution in [2.24, 2.45) is 0 Å². The molecule has 1 N–H and O–H groups in total. The molecule has 110 valence electrons. The number of aromatic nitrogens is 1. The summed E-state index contributed by atoms with van der Waals surface area (Å²) in [5.41, 5.74) is 1.62. The minimum absolute atomic E-state index is 0.0731. The molecule has 0 aliphatic heterocycles. The molecule has 0 fully saturated rings. The molecule has 0 bridgehead atoms. The molecule has 0 aliphatic rings. The van der Waals surface area contributed by atoms with Crippen molar-refractivity contribution in [3.05, 3.63) is 76.5 Å². The van der Waals surface area contributed by atoms with Crippen LogP contribution < -0.4 is 5.32 Å². The van der Waals surface area contributed by atoms with Gasteiger partial charge in [-0.25, -0.2) is 0 Å². The van der Waals surface area contributed by atoms with Crippen LogP contribution in [0.4, 0.5) is 0 Å². The van der Waals surface area contributed by atoms with E-state index in [4.69, 9.17) is 0 Å². The van der Waals surface area contributed by atoms with Gasteiger partial charge < -0.3 is 5.32 Å². The quantitative estimate of drug-likeness (QED) is 0.752. The van der Waals surface area contributed by atoms with Gasteiger partial charge in [-0.3, -0.25) is 9.78 Å². The van der Waals surface area contributed by atoms with E-state index in [1.54, 1.807) is 18.5 Å². The van der Waals surface area contributed by atoms with Crippen LogP contribution in [0.5, 0.6) is 0 Å². The molecule has 2 aromatic carbocycles. The van der Waals surface area contributed by atoms with Gasteiger partial charge in [0.1, 0.15) is 0 Å². The van der Waals surface area contributed by atoms with Gasteiger partial charge in [-0.1, -0.05) is 36.4 Å². The van der Waals surface area contributed by atoms with E-state index in [1.165, 1.54) is 10.8 Å². The highest BCUT2D eigenvalue weighted by Crippen LogP contribution is 2.20. The molecule has 4 heteroatoms. The average molecular weight is 355 g/mol. The molecule has 0 aliphatic carbocycles. The molecule has 0 saturated heterocycles. The number of halogens is 1. The number of hydrogen-bond donors (Lipinski definition) is 1. The summed E-state index contributed by atoms with van der Waals surface area (Å²) in [6.07, 6.45) is 3.22. The van der Waals surface area contributed by atoms with Crippen molar-refractivity contribution in [3.63, 3.8) is 0 Å². The zero-order valence-electron chi connectivity index (χ0n) is 12.1. The number of fused-ring (bicyclic) bond motifs is 1. The first-order valence-electron chi connectivity index (χ1n) is 7.03. The Morgan fingerprint density at radius 2 is 1.86 bits per heavy atom. The van der Waals surface area contributed by atoms with E-state index < -0.39 is 0 Å². The fourth-order valence-corrected chi connectivity index (χ4v) is 2.74. The summed E-state index contributed by atoms with van der Waals surface area (Å²) < 4.78 is 0.790. The summed E-state index contributed by atoms with van der Waals surface area (Å²) in [6.45, 7) is 1.98. The Morgan fingerprint density at radius 1 is 1.09 bits per heavy atom. The molecule has 0 saturated carbocycles. The van der Waals surface area contributed by atoms with Crippen LogP contribution in [0.15, 0.2) is 65.4 Å². The smallest absolute Gasteiger partial charge is 0.253 e. The lowest BCUT2D eigenvalue weighted by atomic mass is 10.0. The van der Waals surface area contributed by atoms with E-state index in [-0.39, 0.29) is 11.9 Å². The minimum atomic E-state index is -0.130. The lowest BCUT2D eigenvalue weighted by Gasteiger charge is -2.15. The lowest BCUT2D eigenvalue weighted by molar-refractivity contribution is 0.0939. The van der Waals surface area contributed by atoms with Gasteiger partial charge in [0, 0.05) is 16.9 Å². The number of carbonyl (C=O) groups excluding carboxylic acids is 1. The monoisotopic (exact) mass is 354 g/mol. The minimum Gasteiger partial charge on any atom is -0.345 e. The van der Waals surface area contributed by atoms with Crippen molar-refractivity contribution in [1.82, 2.24) is 10.3 Å². The van der Waals surface area contributed by atoms with Gasteiger partial charge in [0.2, 0.25) is 0 Å². The van der Waals surface area contributed by atoms with E-state index in [0.717, 1.165) is 10.0 Å². The molecule has 3 rings (SSSR count). The van der Waals surface area contributed by atoms with E-state index >= 15 is 0 Å². The van der Waals surface area contributed by atoms with E-state index in [9.17, 15) is 4.79 Å². The van der Waals surface area contributed by atoms with Gasteiger partial charge in [0.05, 0.1) is 11.6 Å². The highest BCUT2D eigenvalue weighted by atomic mass is 79.9. The van der Waals surface area contributed by atoms with Gasteiger partial charge >= 0.3 is 0 Å². The predicted octanol–water partition coefficient (Wildman–Crippen LogP) is 4.49. The summed E-state index contributed by atoms with van der Waals surface area (Å²) >= 11 is 3.33. The summed E-state index contributed by atoms with van der Waals surface area (Å²) in [5.74, 6) is -0.130. The van der Waals surface area contributed by atoms with Crippen LogP contribution in [0.25, 0.3) is 10.8 Å². The number of benzene rings is 2. The van der Waals surface area contributed by atoms with Crippen LogP contribution >= 0.6 is 15.9 Å². The predicted molar refractivity (Wildman–Crippen MR) is 91.8 cm³/mol. The van der Waals surface area contributed by atoms with Crippen molar-refractivity contribution in [3.8, 4) is 0 Å². The standard InChI is InChI=1S/C18H15BrN2O/c1-12(21-18(22)16-9-17(19)11-20-10-16)14-7-6-13-4-2-3-5-15(13)8-14/h2-12H,1H3,(H,21,22). The van der Waals surface area contributed by atoms with Crippen molar-refractivity contribution in [1.29, 1.82) is 0 Å². The van der Waals surface area contributed by atoms with Gasteiger partial charge in [0.25, 0.3) is 5.91 Å². The number of hydrogen-bond acceptors (Lipinski definition) is 2. The molecule has 1 heterocycles. The van der Waals surface area contributed by atoms with Crippen LogP contribution in [-0.4, -0.2) is 10.9 Å². The second-order valence-corrected chi connectivity index (χ2v) is 6.11. The Kier molecular flexibility index (Phi) is 4.20. The van der Waals surface area contributed by atoms with Crippen molar-refractivity contribution in [2.75, 3.05) is 0 Å². The first kappa shape index (κ1) is 14.7. The maximum atomic E-state index is 12.3. The molecular weight excluding hydrogens is 340 g/mol. The molecule has 0 spiro atoms. The summed E-state index contributed by atoms with van der Waals surface area (Å²) in [5, 5.41) is 5.37. The Balaban J connectivity index is 1.80. The molecule has 3 aromatic rings. The Morgan fingerprint density at radius 3 is 2.64 bits per heavy atom. The number of rotatable bonds is 3. The van der Waals surface area contributed by atoms with Crippen LogP contribution in [-0.2, 0) is 0 Å². The third-order valence-electron chi connectivity index (χ3n) is 3.59. The molecule has 1 unspecified atom stereocenters. The Labute approximate surface area is 137 Å². The van der Waals surface area contributed by atoms with Crippen LogP contribution in [0, 0.1) is 0 Å². The normalized spacial score (nSPS) is 12.1. The highest BCUT2D eigenvalue weighted by Gasteiger charge is 2.12. The molecule has 22 heavy (non-hydrogen) atoms. The first-order valence-corrected chi connectivity index (χ1v) is 7.83. The first-order chi connectivity index (χ1) is 10.6. The largest absolute Gasteiger partial charge is 0.345 e. The van der Waals surface area contributed by atoms with Gasteiger partial charge in [-0.05, 0) is 51.3 Å². The maximum absolute atomic E-state index is 12.3. The topological polar surface area (TPSA) is 42.0 Å². The third-order valence-corrected chi connectivity index (χ3v) is 4.02. The highest BCUT2D eigenvalue weighted by molar-refractivity contribution is 9.10. The Hall–Kier alpha value is -2.20.